The van der Waals surface area contributed by atoms with Crippen LogP contribution in [-0.4, -0.2) is 19.7 Å². The Bertz CT molecular complexity index is 383. The number of methoxy groups -OCH3 is 1. The van der Waals surface area contributed by atoms with Gasteiger partial charge in [-0.15, -0.1) is 0 Å². The van der Waals surface area contributed by atoms with E-state index in [1.165, 1.54) is 16.7 Å². The van der Waals surface area contributed by atoms with E-state index in [2.05, 4.69) is 52.1 Å². The lowest BCUT2D eigenvalue weighted by Gasteiger charge is -2.16. The first-order valence-corrected chi connectivity index (χ1v) is 6.86. The van der Waals surface area contributed by atoms with Gasteiger partial charge in [-0.05, 0) is 48.6 Å². The molecule has 0 radical (unpaired) electrons. The van der Waals surface area contributed by atoms with Crippen LogP contribution in [0.4, 0.5) is 0 Å². The topological polar surface area (TPSA) is 21.3 Å². The highest BCUT2D eigenvalue weighted by Gasteiger charge is 2.11. The molecule has 18 heavy (non-hydrogen) atoms. The summed E-state index contributed by atoms with van der Waals surface area (Å²) < 4.78 is 5.47. The molecule has 0 aliphatic heterocycles. The number of rotatable bonds is 6. The SMILES string of the molecule is COc1cc(C)c(CCNC(C)C)cc1C(C)C. The van der Waals surface area contributed by atoms with Crippen molar-refractivity contribution in [2.24, 2.45) is 0 Å². The van der Waals surface area contributed by atoms with Gasteiger partial charge in [-0.1, -0.05) is 33.8 Å². The Labute approximate surface area is 112 Å². The summed E-state index contributed by atoms with van der Waals surface area (Å²) in [5, 5.41) is 3.47. The molecule has 1 aromatic carbocycles. The van der Waals surface area contributed by atoms with Gasteiger partial charge in [-0.3, -0.25) is 0 Å². The normalized spacial score (nSPS) is 11.3. The summed E-state index contributed by atoms with van der Waals surface area (Å²) in [5.74, 6) is 1.51. The quantitative estimate of drug-likeness (QED) is 0.830. The minimum atomic E-state index is 0.498. The molecule has 0 atom stereocenters. The zero-order valence-corrected chi connectivity index (χ0v) is 12.6. The van der Waals surface area contributed by atoms with Gasteiger partial charge in [0.25, 0.3) is 0 Å². The van der Waals surface area contributed by atoms with E-state index in [0.29, 0.717) is 12.0 Å². The van der Waals surface area contributed by atoms with Crippen LogP contribution in [0, 0.1) is 6.92 Å². The lowest BCUT2D eigenvalue weighted by atomic mass is 9.95. The summed E-state index contributed by atoms with van der Waals surface area (Å²) in [6, 6.07) is 5.02. The van der Waals surface area contributed by atoms with Crippen LogP contribution in [-0.2, 0) is 6.42 Å². The molecule has 0 fully saturated rings. The Kier molecular flexibility index (Phi) is 5.67. The minimum absolute atomic E-state index is 0.498. The monoisotopic (exact) mass is 249 g/mol. The summed E-state index contributed by atoms with van der Waals surface area (Å²) in [6.45, 7) is 12.0. The molecule has 0 bridgehead atoms. The van der Waals surface area contributed by atoms with Crippen LogP contribution in [0.2, 0.25) is 0 Å². The summed E-state index contributed by atoms with van der Waals surface area (Å²) in [6.07, 6.45) is 1.08. The highest BCUT2D eigenvalue weighted by Crippen LogP contribution is 2.29. The van der Waals surface area contributed by atoms with Crippen molar-refractivity contribution in [1.29, 1.82) is 0 Å². The van der Waals surface area contributed by atoms with Crippen LogP contribution >= 0.6 is 0 Å². The number of ether oxygens (including phenoxy) is 1. The van der Waals surface area contributed by atoms with Crippen LogP contribution in [0.25, 0.3) is 0 Å². The molecule has 0 spiro atoms. The van der Waals surface area contributed by atoms with Crippen molar-refractivity contribution in [2.75, 3.05) is 13.7 Å². The highest BCUT2D eigenvalue weighted by molar-refractivity contribution is 5.44. The summed E-state index contributed by atoms with van der Waals surface area (Å²) in [7, 11) is 1.75. The predicted octanol–water partition coefficient (Wildman–Crippen LogP) is 3.67. The third-order valence-electron chi connectivity index (χ3n) is 3.26. The first-order chi connectivity index (χ1) is 8.45. The van der Waals surface area contributed by atoms with E-state index in [-0.39, 0.29) is 0 Å². The molecule has 1 N–H and O–H groups in total. The zero-order valence-electron chi connectivity index (χ0n) is 12.6. The second kappa shape index (κ2) is 6.79. The number of hydrogen-bond donors (Lipinski definition) is 1. The summed E-state index contributed by atoms with van der Waals surface area (Å²) >= 11 is 0. The first-order valence-electron chi connectivity index (χ1n) is 6.86. The molecule has 102 valence electrons. The van der Waals surface area contributed by atoms with Gasteiger partial charge < -0.3 is 10.1 Å². The third kappa shape index (κ3) is 4.02. The van der Waals surface area contributed by atoms with Crippen LogP contribution in [0.15, 0.2) is 12.1 Å². The second-order valence-corrected chi connectivity index (χ2v) is 5.53. The van der Waals surface area contributed by atoms with E-state index in [0.717, 1.165) is 18.7 Å². The minimum Gasteiger partial charge on any atom is -0.496 e. The fourth-order valence-corrected chi connectivity index (χ4v) is 2.14. The Morgan fingerprint density at radius 3 is 2.33 bits per heavy atom. The molecular weight excluding hydrogens is 222 g/mol. The van der Waals surface area contributed by atoms with Crippen LogP contribution in [0.1, 0.15) is 50.3 Å². The molecular formula is C16H27NO. The molecule has 0 saturated carbocycles. The van der Waals surface area contributed by atoms with Crippen molar-refractivity contribution >= 4 is 0 Å². The molecule has 0 heterocycles. The fraction of sp³-hybridized carbons (Fsp3) is 0.625. The van der Waals surface area contributed by atoms with E-state index in [1.54, 1.807) is 7.11 Å². The molecule has 0 aliphatic rings. The van der Waals surface area contributed by atoms with E-state index in [9.17, 15) is 0 Å². The smallest absolute Gasteiger partial charge is 0.122 e. The zero-order chi connectivity index (χ0) is 13.7. The van der Waals surface area contributed by atoms with Crippen molar-refractivity contribution in [2.45, 2.75) is 53.0 Å². The number of nitrogens with one attached hydrogen (secondary N) is 1. The molecule has 0 aliphatic carbocycles. The maximum absolute atomic E-state index is 5.47. The van der Waals surface area contributed by atoms with Gasteiger partial charge in [0, 0.05) is 6.04 Å². The highest BCUT2D eigenvalue weighted by atomic mass is 16.5. The van der Waals surface area contributed by atoms with Gasteiger partial charge in [0.15, 0.2) is 0 Å². The van der Waals surface area contributed by atoms with Crippen molar-refractivity contribution in [1.82, 2.24) is 5.32 Å². The van der Waals surface area contributed by atoms with Gasteiger partial charge in [-0.2, -0.15) is 0 Å². The van der Waals surface area contributed by atoms with Gasteiger partial charge in [0.05, 0.1) is 7.11 Å². The number of benzene rings is 1. The van der Waals surface area contributed by atoms with Crippen molar-refractivity contribution in [3.8, 4) is 5.75 Å². The number of hydrogen-bond acceptors (Lipinski definition) is 2. The molecule has 0 saturated heterocycles. The Hall–Kier alpha value is -1.02. The van der Waals surface area contributed by atoms with E-state index < -0.39 is 0 Å². The third-order valence-corrected chi connectivity index (χ3v) is 3.26. The van der Waals surface area contributed by atoms with Crippen molar-refractivity contribution in [3.63, 3.8) is 0 Å². The van der Waals surface area contributed by atoms with Crippen LogP contribution in [0.5, 0.6) is 5.75 Å². The lowest BCUT2D eigenvalue weighted by Crippen LogP contribution is -2.25. The first kappa shape index (κ1) is 15.0. The molecule has 1 aromatic rings. The van der Waals surface area contributed by atoms with Gasteiger partial charge >= 0.3 is 0 Å². The average molecular weight is 249 g/mol. The van der Waals surface area contributed by atoms with Crippen LogP contribution in [0.3, 0.4) is 0 Å². The second-order valence-electron chi connectivity index (χ2n) is 5.53. The Morgan fingerprint density at radius 2 is 1.83 bits per heavy atom. The maximum atomic E-state index is 5.47. The van der Waals surface area contributed by atoms with Gasteiger partial charge in [0.1, 0.15) is 5.75 Å². The largest absolute Gasteiger partial charge is 0.496 e. The summed E-state index contributed by atoms with van der Waals surface area (Å²) in [4.78, 5) is 0. The standard InChI is InChI=1S/C16H27NO/c1-11(2)15-10-14(7-8-17-12(3)4)13(5)9-16(15)18-6/h9-12,17H,7-8H2,1-6H3. The Balaban J connectivity index is 2.88. The predicted molar refractivity (Wildman–Crippen MR) is 78.7 cm³/mol. The molecule has 1 rings (SSSR count). The maximum Gasteiger partial charge on any atom is 0.122 e. The van der Waals surface area contributed by atoms with Crippen LogP contribution < -0.4 is 10.1 Å². The van der Waals surface area contributed by atoms with E-state index in [4.69, 9.17) is 4.74 Å². The molecule has 0 aromatic heterocycles. The number of aryl methyl sites for hydroxylation is 1. The molecule has 2 nitrogen and oxygen atoms in total. The van der Waals surface area contributed by atoms with Crippen molar-refractivity contribution in [3.05, 3.63) is 28.8 Å². The van der Waals surface area contributed by atoms with Gasteiger partial charge in [-0.25, -0.2) is 0 Å². The summed E-state index contributed by atoms with van der Waals surface area (Å²) in [5.41, 5.74) is 4.05. The molecule has 0 unspecified atom stereocenters. The fourth-order valence-electron chi connectivity index (χ4n) is 2.14. The van der Waals surface area contributed by atoms with E-state index >= 15 is 0 Å². The Morgan fingerprint density at radius 1 is 1.17 bits per heavy atom. The molecule has 0 amide bonds. The average Bonchev–Trinajstić information content (AvgIpc) is 2.29. The van der Waals surface area contributed by atoms with E-state index in [1.807, 2.05) is 0 Å². The lowest BCUT2D eigenvalue weighted by molar-refractivity contribution is 0.407. The van der Waals surface area contributed by atoms with Gasteiger partial charge in [0.2, 0.25) is 0 Å². The van der Waals surface area contributed by atoms with Crippen molar-refractivity contribution < 1.29 is 4.74 Å². The molecule has 2 heteroatoms.